The maximum Gasteiger partial charge on any atom is 0.272 e. The monoisotopic (exact) mass is 380 g/mol. The largest absolute Gasteiger partial charge is 0.374 e. The van der Waals surface area contributed by atoms with E-state index in [0.717, 1.165) is 51.3 Å². The molecule has 28 heavy (non-hydrogen) atoms. The van der Waals surface area contributed by atoms with E-state index >= 15 is 0 Å². The summed E-state index contributed by atoms with van der Waals surface area (Å²) >= 11 is 0. The summed E-state index contributed by atoms with van der Waals surface area (Å²) in [5.41, 5.74) is 5.52. The molecule has 2 aromatic rings. The Morgan fingerprint density at radius 2 is 1.89 bits per heavy atom. The summed E-state index contributed by atoms with van der Waals surface area (Å²) in [5.74, 6) is 0.0337. The van der Waals surface area contributed by atoms with Crippen molar-refractivity contribution >= 4 is 17.3 Å². The highest BCUT2D eigenvalue weighted by atomic mass is 16.2. The lowest BCUT2D eigenvalue weighted by Crippen LogP contribution is -2.49. The van der Waals surface area contributed by atoms with Gasteiger partial charge < -0.3 is 14.7 Å². The summed E-state index contributed by atoms with van der Waals surface area (Å²) in [5, 5.41) is 0. The van der Waals surface area contributed by atoms with Gasteiger partial charge in [-0.2, -0.15) is 0 Å². The number of hydrogen-bond donors (Lipinski definition) is 0. The SMILES string of the molecule is CCCCN(C)c1ccnc(C(=O)N2CCN(c3cccc(C)c3C)CC2)c1. The first-order valence-electron chi connectivity index (χ1n) is 10.3. The van der Waals surface area contributed by atoms with Crippen LogP contribution in [0.5, 0.6) is 0 Å². The third-order valence-electron chi connectivity index (χ3n) is 5.73. The molecule has 0 unspecified atom stereocenters. The number of rotatable bonds is 6. The summed E-state index contributed by atoms with van der Waals surface area (Å²) in [7, 11) is 2.07. The molecule has 1 fully saturated rings. The van der Waals surface area contributed by atoms with Crippen molar-refractivity contribution in [3.63, 3.8) is 0 Å². The number of unbranched alkanes of at least 4 members (excludes halogenated alkanes) is 1. The average molecular weight is 381 g/mol. The Morgan fingerprint density at radius 1 is 1.14 bits per heavy atom. The standard InChI is InChI=1S/C23H32N4O/c1-5-6-12-25(4)20-10-11-24-21(17-20)23(28)27-15-13-26(14-16-27)22-9-7-8-18(2)19(22)3/h7-11,17H,5-6,12-16H2,1-4H3. The van der Waals surface area contributed by atoms with Crippen LogP contribution >= 0.6 is 0 Å². The van der Waals surface area contributed by atoms with Crippen LogP contribution in [-0.2, 0) is 0 Å². The molecular formula is C23H32N4O. The highest BCUT2D eigenvalue weighted by Crippen LogP contribution is 2.24. The van der Waals surface area contributed by atoms with Crippen molar-refractivity contribution in [1.82, 2.24) is 9.88 Å². The van der Waals surface area contributed by atoms with Crippen molar-refractivity contribution in [1.29, 1.82) is 0 Å². The average Bonchev–Trinajstić information content (AvgIpc) is 2.73. The van der Waals surface area contributed by atoms with Gasteiger partial charge in [0.1, 0.15) is 5.69 Å². The van der Waals surface area contributed by atoms with E-state index in [1.54, 1.807) is 6.20 Å². The van der Waals surface area contributed by atoms with Crippen LogP contribution in [0.3, 0.4) is 0 Å². The number of carbonyl (C=O) groups is 1. The van der Waals surface area contributed by atoms with Gasteiger partial charge in [-0.05, 0) is 49.6 Å². The second-order valence-corrected chi connectivity index (χ2v) is 7.67. The van der Waals surface area contributed by atoms with Crippen LogP contribution in [0.4, 0.5) is 11.4 Å². The number of nitrogens with zero attached hydrogens (tertiary/aromatic N) is 4. The van der Waals surface area contributed by atoms with Crippen LogP contribution in [0.1, 0.15) is 41.4 Å². The van der Waals surface area contributed by atoms with Gasteiger partial charge in [0.15, 0.2) is 0 Å². The molecule has 0 bridgehead atoms. The van der Waals surface area contributed by atoms with Gasteiger partial charge in [0.2, 0.25) is 0 Å². The number of carbonyl (C=O) groups excluding carboxylic acids is 1. The topological polar surface area (TPSA) is 39.7 Å². The summed E-state index contributed by atoms with van der Waals surface area (Å²) in [6, 6.07) is 10.3. The Bertz CT molecular complexity index is 812. The lowest BCUT2D eigenvalue weighted by Gasteiger charge is -2.37. The minimum absolute atomic E-state index is 0.0337. The minimum atomic E-state index is 0.0337. The van der Waals surface area contributed by atoms with Gasteiger partial charge in [-0.1, -0.05) is 25.5 Å². The van der Waals surface area contributed by atoms with Crippen LogP contribution in [0.2, 0.25) is 0 Å². The Hall–Kier alpha value is -2.56. The van der Waals surface area contributed by atoms with E-state index in [0.29, 0.717) is 5.69 Å². The van der Waals surface area contributed by atoms with Crippen molar-refractivity contribution in [3.8, 4) is 0 Å². The predicted octanol–water partition coefficient (Wildman–Crippen LogP) is 3.90. The van der Waals surface area contributed by atoms with Crippen LogP contribution in [0, 0.1) is 13.8 Å². The Morgan fingerprint density at radius 3 is 2.61 bits per heavy atom. The third-order valence-corrected chi connectivity index (χ3v) is 5.73. The van der Waals surface area contributed by atoms with Gasteiger partial charge in [-0.3, -0.25) is 9.78 Å². The lowest BCUT2D eigenvalue weighted by atomic mass is 10.1. The summed E-state index contributed by atoms with van der Waals surface area (Å²) < 4.78 is 0. The quantitative estimate of drug-likeness (QED) is 0.762. The van der Waals surface area contributed by atoms with E-state index in [9.17, 15) is 4.79 Å². The molecule has 1 amide bonds. The van der Waals surface area contributed by atoms with Gasteiger partial charge in [0, 0.05) is 57.3 Å². The van der Waals surface area contributed by atoms with Gasteiger partial charge in [-0.25, -0.2) is 0 Å². The van der Waals surface area contributed by atoms with Gasteiger partial charge in [0.25, 0.3) is 5.91 Å². The van der Waals surface area contributed by atoms with Crippen LogP contribution in [0.25, 0.3) is 0 Å². The number of benzene rings is 1. The molecule has 1 aromatic carbocycles. The molecule has 0 spiro atoms. The van der Waals surface area contributed by atoms with E-state index in [1.165, 1.54) is 16.8 Å². The molecule has 1 aromatic heterocycles. The molecule has 0 atom stereocenters. The maximum absolute atomic E-state index is 13.0. The Labute approximate surface area is 169 Å². The zero-order valence-corrected chi connectivity index (χ0v) is 17.6. The number of piperazine rings is 1. The molecule has 3 rings (SSSR count). The van der Waals surface area contributed by atoms with E-state index in [-0.39, 0.29) is 5.91 Å². The third kappa shape index (κ3) is 4.46. The molecule has 2 heterocycles. The second-order valence-electron chi connectivity index (χ2n) is 7.67. The van der Waals surface area contributed by atoms with Crippen molar-refractivity contribution < 1.29 is 4.79 Å². The van der Waals surface area contributed by atoms with Crippen molar-refractivity contribution in [3.05, 3.63) is 53.3 Å². The van der Waals surface area contributed by atoms with Crippen LogP contribution in [-0.4, -0.2) is 55.6 Å². The van der Waals surface area contributed by atoms with E-state index < -0.39 is 0 Å². The highest BCUT2D eigenvalue weighted by Gasteiger charge is 2.24. The maximum atomic E-state index is 13.0. The number of pyridine rings is 1. The normalized spacial score (nSPS) is 14.3. The Kier molecular flexibility index (Phi) is 6.55. The fourth-order valence-electron chi connectivity index (χ4n) is 3.69. The fraction of sp³-hybridized carbons (Fsp3) is 0.478. The molecule has 0 radical (unpaired) electrons. The minimum Gasteiger partial charge on any atom is -0.374 e. The zero-order chi connectivity index (χ0) is 20.1. The van der Waals surface area contributed by atoms with Crippen molar-refractivity contribution in [2.75, 3.05) is 49.6 Å². The van der Waals surface area contributed by atoms with E-state index in [4.69, 9.17) is 0 Å². The first-order chi connectivity index (χ1) is 13.5. The molecule has 0 N–H and O–H groups in total. The molecule has 0 aliphatic carbocycles. The fourth-order valence-corrected chi connectivity index (χ4v) is 3.69. The number of aromatic nitrogens is 1. The number of hydrogen-bond acceptors (Lipinski definition) is 4. The van der Waals surface area contributed by atoms with E-state index in [1.807, 2.05) is 17.0 Å². The van der Waals surface area contributed by atoms with Gasteiger partial charge >= 0.3 is 0 Å². The van der Waals surface area contributed by atoms with Crippen LogP contribution in [0.15, 0.2) is 36.5 Å². The summed E-state index contributed by atoms with van der Waals surface area (Å²) in [4.78, 5) is 23.8. The van der Waals surface area contributed by atoms with Crippen molar-refractivity contribution in [2.24, 2.45) is 0 Å². The van der Waals surface area contributed by atoms with E-state index in [2.05, 4.69) is 60.8 Å². The molecule has 5 heteroatoms. The van der Waals surface area contributed by atoms with Crippen molar-refractivity contribution in [2.45, 2.75) is 33.6 Å². The first kappa shape index (κ1) is 20.2. The lowest BCUT2D eigenvalue weighted by molar-refractivity contribution is 0.0741. The second kappa shape index (κ2) is 9.09. The van der Waals surface area contributed by atoms with Gasteiger partial charge in [-0.15, -0.1) is 0 Å². The Balaban J connectivity index is 1.64. The highest BCUT2D eigenvalue weighted by molar-refractivity contribution is 5.93. The molecule has 1 aliphatic heterocycles. The van der Waals surface area contributed by atoms with Crippen LogP contribution < -0.4 is 9.80 Å². The summed E-state index contributed by atoms with van der Waals surface area (Å²) in [6.07, 6.45) is 4.05. The number of aryl methyl sites for hydroxylation is 1. The molecule has 0 saturated carbocycles. The molecular weight excluding hydrogens is 348 g/mol. The summed E-state index contributed by atoms with van der Waals surface area (Å²) in [6.45, 7) is 10.7. The molecule has 150 valence electrons. The number of anilines is 2. The molecule has 1 saturated heterocycles. The molecule has 1 aliphatic rings. The van der Waals surface area contributed by atoms with Gasteiger partial charge in [0.05, 0.1) is 0 Å². The zero-order valence-electron chi connectivity index (χ0n) is 17.6. The smallest absolute Gasteiger partial charge is 0.272 e. The predicted molar refractivity (Wildman–Crippen MR) is 116 cm³/mol. The molecule has 5 nitrogen and oxygen atoms in total. The number of amides is 1. The first-order valence-corrected chi connectivity index (χ1v) is 10.3.